The van der Waals surface area contributed by atoms with E-state index in [1.807, 2.05) is 6.07 Å². The highest BCUT2D eigenvalue weighted by molar-refractivity contribution is 7.92. The van der Waals surface area contributed by atoms with Gasteiger partial charge in [0.25, 0.3) is 5.91 Å². The number of ether oxygens (including phenoxy) is 1. The number of hydrogen-bond donors (Lipinski definition) is 2. The summed E-state index contributed by atoms with van der Waals surface area (Å²) in [5.41, 5.74) is 1.98. The summed E-state index contributed by atoms with van der Waals surface area (Å²) in [6, 6.07) is 17.2. The van der Waals surface area contributed by atoms with E-state index in [1.165, 1.54) is 11.4 Å². The molecule has 10 heteroatoms. The lowest BCUT2D eigenvalue weighted by molar-refractivity contribution is -0.116. The lowest BCUT2D eigenvalue weighted by atomic mass is 10.1. The number of benzene rings is 2. The van der Waals surface area contributed by atoms with Gasteiger partial charge < -0.3 is 15.4 Å². The fourth-order valence-corrected chi connectivity index (χ4v) is 4.44. The predicted molar refractivity (Wildman–Crippen MR) is 135 cm³/mol. The third-order valence-corrected chi connectivity index (χ3v) is 6.32. The zero-order chi connectivity index (χ0) is 25.3. The molecule has 1 aromatic heterocycles. The highest BCUT2D eigenvalue weighted by Crippen LogP contribution is 2.29. The second kappa shape index (κ2) is 12.0. The SMILES string of the molecule is COc1ccccc1N(CCCC(=O)Nc1ccccc1C(=O)NCc1cccnc1)S(C)(=O)=O. The van der Waals surface area contributed by atoms with Crippen molar-refractivity contribution in [2.75, 3.05) is 29.5 Å². The van der Waals surface area contributed by atoms with E-state index < -0.39 is 10.0 Å². The lowest BCUT2D eigenvalue weighted by Crippen LogP contribution is -2.32. The number of aromatic nitrogens is 1. The topological polar surface area (TPSA) is 118 Å². The molecule has 2 aromatic carbocycles. The van der Waals surface area contributed by atoms with Crippen molar-refractivity contribution < 1.29 is 22.7 Å². The summed E-state index contributed by atoms with van der Waals surface area (Å²) in [5.74, 6) is -0.233. The van der Waals surface area contributed by atoms with E-state index in [2.05, 4.69) is 15.6 Å². The van der Waals surface area contributed by atoms with E-state index in [9.17, 15) is 18.0 Å². The van der Waals surface area contributed by atoms with Crippen LogP contribution in [0.4, 0.5) is 11.4 Å². The molecule has 0 atom stereocenters. The molecular formula is C25H28N4O5S. The summed E-state index contributed by atoms with van der Waals surface area (Å²) < 4.78 is 31.2. The molecule has 0 fully saturated rings. The highest BCUT2D eigenvalue weighted by Gasteiger charge is 2.21. The number of sulfonamides is 1. The number of carbonyl (C=O) groups is 2. The summed E-state index contributed by atoms with van der Waals surface area (Å²) in [6.45, 7) is 0.402. The molecule has 0 aliphatic rings. The summed E-state index contributed by atoms with van der Waals surface area (Å²) >= 11 is 0. The van der Waals surface area contributed by atoms with Crippen LogP contribution in [0.1, 0.15) is 28.8 Å². The first-order chi connectivity index (χ1) is 16.8. The maximum absolute atomic E-state index is 12.7. The fourth-order valence-electron chi connectivity index (χ4n) is 3.47. The Labute approximate surface area is 205 Å². The van der Waals surface area contributed by atoms with Crippen molar-refractivity contribution >= 4 is 33.2 Å². The van der Waals surface area contributed by atoms with Crippen molar-refractivity contribution in [2.24, 2.45) is 0 Å². The quantitative estimate of drug-likeness (QED) is 0.421. The largest absolute Gasteiger partial charge is 0.495 e. The molecule has 3 rings (SSSR count). The van der Waals surface area contributed by atoms with E-state index in [0.29, 0.717) is 29.2 Å². The number of carbonyl (C=O) groups excluding carboxylic acids is 2. The van der Waals surface area contributed by atoms with E-state index in [0.717, 1.165) is 11.8 Å². The first-order valence-corrected chi connectivity index (χ1v) is 12.8. The molecule has 9 nitrogen and oxygen atoms in total. The first-order valence-electron chi connectivity index (χ1n) is 11.0. The number of para-hydroxylation sites is 3. The van der Waals surface area contributed by atoms with Crippen LogP contribution >= 0.6 is 0 Å². The minimum absolute atomic E-state index is 0.0623. The number of anilines is 2. The summed E-state index contributed by atoms with van der Waals surface area (Å²) in [6.07, 6.45) is 4.76. The average Bonchev–Trinajstić information content (AvgIpc) is 2.85. The van der Waals surface area contributed by atoms with Gasteiger partial charge in [0, 0.05) is 31.9 Å². The Balaban J connectivity index is 1.61. The standard InChI is InChI=1S/C25H28N4O5S/c1-34-23-13-6-5-12-22(23)29(35(2,32)33)16-8-14-24(30)28-21-11-4-3-10-20(21)25(31)27-18-19-9-7-15-26-17-19/h3-7,9-13,15,17H,8,14,16,18H2,1-2H3,(H,27,31)(H,28,30). The Kier molecular flexibility index (Phi) is 8.80. The van der Waals surface area contributed by atoms with Gasteiger partial charge >= 0.3 is 0 Å². The number of rotatable bonds is 11. The average molecular weight is 497 g/mol. The van der Waals surface area contributed by atoms with Crippen molar-refractivity contribution in [2.45, 2.75) is 19.4 Å². The van der Waals surface area contributed by atoms with Crippen LogP contribution in [0.5, 0.6) is 5.75 Å². The molecule has 0 spiro atoms. The molecule has 0 radical (unpaired) electrons. The monoisotopic (exact) mass is 496 g/mol. The Morgan fingerprint density at radius 2 is 1.77 bits per heavy atom. The van der Waals surface area contributed by atoms with Gasteiger partial charge in [0.15, 0.2) is 0 Å². The van der Waals surface area contributed by atoms with Gasteiger partial charge in [-0.3, -0.25) is 18.9 Å². The van der Waals surface area contributed by atoms with E-state index >= 15 is 0 Å². The van der Waals surface area contributed by atoms with Crippen LogP contribution in [0, 0.1) is 0 Å². The van der Waals surface area contributed by atoms with Gasteiger partial charge in [0.1, 0.15) is 5.75 Å². The van der Waals surface area contributed by atoms with Gasteiger partial charge in [0.2, 0.25) is 15.9 Å². The number of amides is 2. The Morgan fingerprint density at radius 1 is 1.03 bits per heavy atom. The number of hydrogen-bond acceptors (Lipinski definition) is 6. The van der Waals surface area contributed by atoms with Crippen LogP contribution in [0.25, 0.3) is 0 Å². The van der Waals surface area contributed by atoms with Gasteiger partial charge in [-0.15, -0.1) is 0 Å². The van der Waals surface area contributed by atoms with Crippen molar-refractivity contribution in [3.63, 3.8) is 0 Å². The summed E-state index contributed by atoms with van der Waals surface area (Å²) in [5, 5.41) is 5.58. The van der Waals surface area contributed by atoms with Crippen molar-refractivity contribution in [1.29, 1.82) is 0 Å². The van der Waals surface area contributed by atoms with Crippen molar-refractivity contribution in [1.82, 2.24) is 10.3 Å². The molecule has 0 saturated carbocycles. The molecule has 0 aliphatic heterocycles. The molecule has 2 amide bonds. The zero-order valence-electron chi connectivity index (χ0n) is 19.6. The Hall–Kier alpha value is -3.92. The molecule has 35 heavy (non-hydrogen) atoms. The molecule has 184 valence electrons. The van der Waals surface area contributed by atoms with Gasteiger partial charge in [-0.2, -0.15) is 0 Å². The second-order valence-electron chi connectivity index (χ2n) is 7.75. The summed E-state index contributed by atoms with van der Waals surface area (Å²) in [7, 11) is -2.12. The van der Waals surface area contributed by atoms with E-state index in [1.54, 1.807) is 67.0 Å². The van der Waals surface area contributed by atoms with Crippen molar-refractivity contribution in [3.8, 4) is 5.75 Å². The maximum Gasteiger partial charge on any atom is 0.253 e. The number of methoxy groups -OCH3 is 1. The van der Waals surface area contributed by atoms with Gasteiger partial charge in [-0.05, 0) is 42.3 Å². The molecule has 0 aliphatic carbocycles. The molecule has 0 unspecified atom stereocenters. The third kappa shape index (κ3) is 7.28. The van der Waals surface area contributed by atoms with Gasteiger partial charge in [-0.1, -0.05) is 30.3 Å². The number of pyridine rings is 1. The Morgan fingerprint density at radius 3 is 2.49 bits per heavy atom. The minimum Gasteiger partial charge on any atom is -0.495 e. The van der Waals surface area contributed by atoms with E-state index in [4.69, 9.17) is 4.74 Å². The van der Waals surface area contributed by atoms with Gasteiger partial charge in [-0.25, -0.2) is 8.42 Å². The molecule has 0 saturated heterocycles. The molecule has 3 aromatic rings. The first kappa shape index (κ1) is 25.7. The van der Waals surface area contributed by atoms with Crippen LogP contribution in [-0.2, 0) is 21.4 Å². The molecule has 1 heterocycles. The molecular weight excluding hydrogens is 468 g/mol. The normalized spacial score (nSPS) is 10.9. The minimum atomic E-state index is -3.59. The summed E-state index contributed by atoms with van der Waals surface area (Å²) in [4.78, 5) is 29.3. The fraction of sp³-hybridized carbons (Fsp3) is 0.240. The van der Waals surface area contributed by atoms with Crippen LogP contribution in [0.15, 0.2) is 73.1 Å². The highest BCUT2D eigenvalue weighted by atomic mass is 32.2. The second-order valence-corrected chi connectivity index (χ2v) is 9.66. The van der Waals surface area contributed by atoms with Gasteiger partial charge in [0.05, 0.1) is 30.3 Å². The van der Waals surface area contributed by atoms with Crippen LogP contribution in [0.2, 0.25) is 0 Å². The number of nitrogens with one attached hydrogen (secondary N) is 2. The number of nitrogens with zero attached hydrogens (tertiary/aromatic N) is 2. The third-order valence-electron chi connectivity index (χ3n) is 5.14. The maximum atomic E-state index is 12.7. The smallest absolute Gasteiger partial charge is 0.253 e. The molecule has 2 N–H and O–H groups in total. The van der Waals surface area contributed by atoms with Crippen LogP contribution in [0.3, 0.4) is 0 Å². The van der Waals surface area contributed by atoms with Crippen LogP contribution in [-0.4, -0.2) is 45.1 Å². The lowest BCUT2D eigenvalue weighted by Gasteiger charge is -2.24. The van der Waals surface area contributed by atoms with Crippen LogP contribution < -0.4 is 19.7 Å². The molecule has 0 bridgehead atoms. The zero-order valence-corrected chi connectivity index (χ0v) is 20.4. The van der Waals surface area contributed by atoms with E-state index in [-0.39, 0.29) is 31.2 Å². The predicted octanol–water partition coefficient (Wildman–Crippen LogP) is 3.21. The van der Waals surface area contributed by atoms with Crippen molar-refractivity contribution in [3.05, 3.63) is 84.2 Å². The Bertz CT molecular complexity index is 1270.